The summed E-state index contributed by atoms with van der Waals surface area (Å²) >= 11 is 0. The van der Waals surface area contributed by atoms with E-state index in [0.29, 0.717) is 18.0 Å². The van der Waals surface area contributed by atoms with Gasteiger partial charge in [0.05, 0.1) is 25.8 Å². The Hall–Kier alpha value is -3.23. The van der Waals surface area contributed by atoms with Crippen LogP contribution in [0.3, 0.4) is 0 Å². The first-order valence-electron chi connectivity index (χ1n) is 8.41. The summed E-state index contributed by atoms with van der Waals surface area (Å²) in [6, 6.07) is 6.49. The molecule has 1 fully saturated rings. The van der Waals surface area contributed by atoms with Gasteiger partial charge in [0.25, 0.3) is 5.91 Å². The number of esters is 1. The van der Waals surface area contributed by atoms with Gasteiger partial charge in [0, 0.05) is 13.3 Å². The summed E-state index contributed by atoms with van der Waals surface area (Å²) in [5.41, 5.74) is -1.24. The summed E-state index contributed by atoms with van der Waals surface area (Å²) in [7, 11) is 1.18. The van der Waals surface area contributed by atoms with Crippen LogP contribution in [0, 0.1) is 0 Å². The Kier molecular flexibility index (Phi) is 4.69. The zero-order chi connectivity index (χ0) is 19.8. The van der Waals surface area contributed by atoms with E-state index in [1.54, 1.807) is 24.3 Å². The van der Waals surface area contributed by atoms with E-state index in [1.807, 2.05) is 6.92 Å². The summed E-state index contributed by atoms with van der Waals surface area (Å²) in [4.78, 5) is 50.7. The van der Waals surface area contributed by atoms with E-state index in [9.17, 15) is 19.2 Å². The molecule has 2 heterocycles. The number of carbonyl (C=O) groups is 4. The van der Waals surface area contributed by atoms with E-state index in [-0.39, 0.29) is 18.6 Å². The molecule has 27 heavy (non-hydrogen) atoms. The third-order valence-corrected chi connectivity index (χ3v) is 4.51. The van der Waals surface area contributed by atoms with Gasteiger partial charge in [0.15, 0.2) is 5.54 Å². The molecule has 9 heteroatoms. The van der Waals surface area contributed by atoms with E-state index < -0.39 is 29.2 Å². The lowest BCUT2D eigenvalue weighted by molar-refractivity contribution is -0.141. The van der Waals surface area contributed by atoms with Gasteiger partial charge in [-0.2, -0.15) is 5.10 Å². The summed E-state index contributed by atoms with van der Waals surface area (Å²) in [6.45, 7) is 3.56. The number of ether oxygens (including phenoxy) is 2. The van der Waals surface area contributed by atoms with Crippen LogP contribution < -0.4 is 9.64 Å². The minimum absolute atomic E-state index is 0.0672. The van der Waals surface area contributed by atoms with Crippen molar-refractivity contribution < 1.29 is 28.7 Å². The van der Waals surface area contributed by atoms with Crippen LogP contribution in [-0.4, -0.2) is 53.7 Å². The van der Waals surface area contributed by atoms with Crippen molar-refractivity contribution in [1.82, 2.24) is 5.01 Å². The van der Waals surface area contributed by atoms with Gasteiger partial charge in [0.2, 0.25) is 11.8 Å². The van der Waals surface area contributed by atoms with Crippen LogP contribution in [0.1, 0.15) is 26.7 Å². The van der Waals surface area contributed by atoms with Crippen molar-refractivity contribution in [1.29, 1.82) is 0 Å². The molecule has 0 saturated carbocycles. The quantitative estimate of drug-likeness (QED) is 0.573. The minimum atomic E-state index is -1.54. The molecule has 1 saturated heterocycles. The Morgan fingerprint density at radius 2 is 1.85 bits per heavy atom. The molecule has 3 amide bonds. The molecular formula is C18H19N3O6. The second-order valence-electron chi connectivity index (χ2n) is 6.22. The van der Waals surface area contributed by atoms with Gasteiger partial charge in [-0.05, 0) is 31.2 Å². The largest absolute Gasteiger partial charge is 0.494 e. The van der Waals surface area contributed by atoms with Crippen molar-refractivity contribution in [3.63, 3.8) is 0 Å². The fourth-order valence-corrected chi connectivity index (χ4v) is 3.36. The number of hydrogen-bond acceptors (Lipinski definition) is 7. The predicted octanol–water partition coefficient (Wildman–Crippen LogP) is 0.869. The highest BCUT2D eigenvalue weighted by Crippen LogP contribution is 2.40. The molecule has 3 rings (SSSR count). The van der Waals surface area contributed by atoms with Crippen LogP contribution in [0.2, 0.25) is 0 Å². The second kappa shape index (κ2) is 6.82. The maximum Gasteiger partial charge on any atom is 0.354 e. The fourth-order valence-electron chi connectivity index (χ4n) is 3.36. The highest BCUT2D eigenvalue weighted by molar-refractivity contribution is 6.39. The lowest BCUT2D eigenvalue weighted by atomic mass is 9.91. The zero-order valence-corrected chi connectivity index (χ0v) is 15.2. The normalized spacial score (nSPS) is 21.7. The molecule has 9 nitrogen and oxygen atoms in total. The van der Waals surface area contributed by atoms with Crippen LogP contribution in [0.5, 0.6) is 5.75 Å². The molecule has 0 N–H and O–H groups in total. The Morgan fingerprint density at radius 3 is 2.41 bits per heavy atom. The van der Waals surface area contributed by atoms with Gasteiger partial charge in [-0.25, -0.2) is 14.7 Å². The number of carbonyl (C=O) groups excluding carboxylic acids is 4. The number of nitrogens with zero attached hydrogens (tertiary/aromatic N) is 3. The third kappa shape index (κ3) is 2.94. The van der Waals surface area contributed by atoms with Gasteiger partial charge in [-0.15, -0.1) is 0 Å². The molecular weight excluding hydrogens is 354 g/mol. The smallest absolute Gasteiger partial charge is 0.354 e. The van der Waals surface area contributed by atoms with Crippen LogP contribution in [0.25, 0.3) is 0 Å². The third-order valence-electron chi connectivity index (χ3n) is 4.51. The molecule has 0 unspecified atom stereocenters. The van der Waals surface area contributed by atoms with Crippen LogP contribution >= 0.6 is 0 Å². The Morgan fingerprint density at radius 1 is 1.19 bits per heavy atom. The topological polar surface area (TPSA) is 106 Å². The highest BCUT2D eigenvalue weighted by Gasteiger charge is 2.61. The van der Waals surface area contributed by atoms with Crippen LogP contribution in [-0.2, 0) is 23.9 Å². The first kappa shape index (κ1) is 18.6. The van der Waals surface area contributed by atoms with Gasteiger partial charge in [0.1, 0.15) is 11.5 Å². The van der Waals surface area contributed by atoms with Crippen molar-refractivity contribution >= 4 is 35.1 Å². The number of anilines is 1. The maximum atomic E-state index is 13.2. The van der Waals surface area contributed by atoms with E-state index in [1.165, 1.54) is 14.0 Å². The van der Waals surface area contributed by atoms with Crippen molar-refractivity contribution in [3.05, 3.63) is 24.3 Å². The SMILES string of the molecule is CCOc1ccc(N2C(=O)C[C@]3(CC(C(=O)OC)=NN3C(C)=O)C2=O)cc1. The Balaban J connectivity index is 1.95. The Bertz CT molecular complexity index is 847. The van der Waals surface area contributed by atoms with Gasteiger partial charge in [-0.3, -0.25) is 14.4 Å². The lowest BCUT2D eigenvalue weighted by Gasteiger charge is -2.28. The zero-order valence-electron chi connectivity index (χ0n) is 15.2. The van der Waals surface area contributed by atoms with Crippen molar-refractivity contribution in [2.45, 2.75) is 32.2 Å². The number of rotatable bonds is 4. The number of hydrazone groups is 1. The first-order valence-corrected chi connectivity index (χ1v) is 8.41. The number of benzene rings is 1. The van der Waals surface area contributed by atoms with Crippen LogP contribution in [0.4, 0.5) is 5.69 Å². The molecule has 2 aliphatic heterocycles. The van der Waals surface area contributed by atoms with E-state index >= 15 is 0 Å². The van der Waals surface area contributed by atoms with Crippen molar-refractivity contribution in [2.75, 3.05) is 18.6 Å². The molecule has 0 aliphatic carbocycles. The number of imide groups is 1. The average molecular weight is 373 g/mol. The molecule has 0 radical (unpaired) electrons. The molecule has 0 bridgehead atoms. The van der Waals surface area contributed by atoms with Crippen molar-refractivity contribution in [2.24, 2.45) is 5.10 Å². The lowest BCUT2D eigenvalue weighted by Crippen LogP contribution is -2.51. The van der Waals surface area contributed by atoms with Crippen molar-refractivity contribution in [3.8, 4) is 5.75 Å². The summed E-state index contributed by atoms with van der Waals surface area (Å²) < 4.78 is 10.0. The number of hydrogen-bond donors (Lipinski definition) is 0. The summed E-state index contributed by atoms with van der Waals surface area (Å²) in [5.74, 6) is -1.75. The van der Waals surface area contributed by atoms with Gasteiger partial charge >= 0.3 is 5.97 Å². The summed E-state index contributed by atoms with van der Waals surface area (Å²) in [5, 5.41) is 4.88. The molecule has 1 aromatic rings. The van der Waals surface area contributed by atoms with Gasteiger partial charge in [-0.1, -0.05) is 0 Å². The first-order chi connectivity index (χ1) is 12.8. The van der Waals surface area contributed by atoms with Gasteiger partial charge < -0.3 is 9.47 Å². The number of methoxy groups -OCH3 is 1. The monoisotopic (exact) mass is 373 g/mol. The number of amides is 3. The van der Waals surface area contributed by atoms with E-state index in [0.717, 1.165) is 9.91 Å². The van der Waals surface area contributed by atoms with E-state index in [4.69, 9.17) is 4.74 Å². The molecule has 0 aromatic heterocycles. The van der Waals surface area contributed by atoms with E-state index in [2.05, 4.69) is 9.84 Å². The highest BCUT2D eigenvalue weighted by atomic mass is 16.5. The summed E-state index contributed by atoms with van der Waals surface area (Å²) in [6.07, 6.45) is -0.431. The second-order valence-corrected chi connectivity index (χ2v) is 6.22. The fraction of sp³-hybridized carbons (Fsp3) is 0.389. The average Bonchev–Trinajstić information content (AvgIpc) is 3.14. The van der Waals surface area contributed by atoms with Crippen LogP contribution in [0.15, 0.2) is 29.4 Å². The predicted molar refractivity (Wildman–Crippen MR) is 94.0 cm³/mol. The molecule has 1 spiro atoms. The maximum absolute atomic E-state index is 13.2. The molecule has 1 aromatic carbocycles. The molecule has 142 valence electrons. The standard InChI is InChI=1S/C18H19N3O6/c1-4-27-13-7-5-12(6-8-13)20-15(23)10-18(17(20)25)9-14(16(24)26-3)19-21(18)11(2)22/h5-8H,4,9-10H2,1-3H3/t18-/m1/s1. The minimum Gasteiger partial charge on any atom is -0.494 e. The Labute approximate surface area is 155 Å². The molecule has 1 atom stereocenters. The molecule has 2 aliphatic rings.